The Balaban J connectivity index is 1.67. The minimum atomic E-state index is -1.03. The third-order valence-corrected chi connectivity index (χ3v) is 4.29. The lowest BCUT2D eigenvalue weighted by molar-refractivity contribution is 0.0682. The van der Waals surface area contributed by atoms with E-state index in [2.05, 4.69) is 10.4 Å². The molecule has 1 aromatic carbocycles. The topological polar surface area (TPSA) is 87.5 Å². The molecule has 2 N–H and O–H groups in total. The van der Waals surface area contributed by atoms with Crippen molar-refractivity contribution in [1.82, 2.24) is 20.0 Å². The third kappa shape index (κ3) is 3.21. The number of rotatable bonds is 3. The number of fused-ring (bicyclic) bond motifs is 1. The van der Waals surface area contributed by atoms with Gasteiger partial charge in [0.1, 0.15) is 0 Å². The summed E-state index contributed by atoms with van der Waals surface area (Å²) in [5.74, 6) is -1.03. The number of hydrogen-bond acceptors (Lipinski definition) is 3. The summed E-state index contributed by atoms with van der Waals surface area (Å²) >= 11 is 5.83. The van der Waals surface area contributed by atoms with Gasteiger partial charge in [-0.15, -0.1) is 0 Å². The number of amides is 2. The number of carboxylic acids is 1. The van der Waals surface area contributed by atoms with E-state index < -0.39 is 5.97 Å². The van der Waals surface area contributed by atoms with Gasteiger partial charge in [-0.2, -0.15) is 5.10 Å². The Bertz CT molecular complexity index is 785. The first-order chi connectivity index (χ1) is 11.5. The number of carboxylic acid groups (broad SMARTS) is 1. The highest BCUT2D eigenvalue weighted by Crippen LogP contribution is 2.22. The molecule has 1 aromatic heterocycles. The van der Waals surface area contributed by atoms with Crippen LogP contribution in [-0.4, -0.2) is 38.3 Å². The number of aryl methyl sites for hydroxylation is 1. The Morgan fingerprint density at radius 2 is 2.04 bits per heavy atom. The largest absolute Gasteiger partial charge is 0.477 e. The van der Waals surface area contributed by atoms with E-state index >= 15 is 0 Å². The predicted molar refractivity (Wildman–Crippen MR) is 88.0 cm³/mol. The first kappa shape index (κ1) is 16.3. The fourth-order valence-corrected chi connectivity index (χ4v) is 2.96. The van der Waals surface area contributed by atoms with Gasteiger partial charge in [-0.1, -0.05) is 23.7 Å². The SMILES string of the molecule is Cn1nc2c(c1C(=O)O)CN(C(=O)NCc1ccc(Cl)cc1)CC2. The number of urea groups is 1. The molecule has 0 aliphatic carbocycles. The second-order valence-corrected chi connectivity index (χ2v) is 6.10. The standard InChI is InChI=1S/C16H17ClN4O3/c1-20-14(15(22)23)12-9-21(7-6-13(12)19-20)16(24)18-8-10-2-4-11(17)5-3-10/h2-5H,6-9H2,1H3,(H,18,24)(H,22,23). The van der Waals surface area contributed by atoms with Gasteiger partial charge < -0.3 is 15.3 Å². The number of nitrogens with one attached hydrogen (secondary N) is 1. The van der Waals surface area contributed by atoms with Gasteiger partial charge in [0, 0.05) is 37.1 Å². The number of aromatic carboxylic acids is 1. The van der Waals surface area contributed by atoms with Crippen molar-refractivity contribution in [2.75, 3.05) is 6.54 Å². The molecule has 3 rings (SSSR count). The number of halogens is 1. The van der Waals surface area contributed by atoms with Crippen molar-refractivity contribution >= 4 is 23.6 Å². The molecular weight excluding hydrogens is 332 g/mol. The molecule has 8 heteroatoms. The molecule has 0 saturated heterocycles. The molecule has 1 aliphatic heterocycles. The minimum Gasteiger partial charge on any atom is -0.477 e. The van der Waals surface area contributed by atoms with Gasteiger partial charge in [0.25, 0.3) is 0 Å². The molecular formula is C16H17ClN4O3. The van der Waals surface area contributed by atoms with E-state index in [1.165, 1.54) is 4.68 Å². The van der Waals surface area contributed by atoms with Gasteiger partial charge in [0.2, 0.25) is 0 Å². The van der Waals surface area contributed by atoms with Crippen molar-refractivity contribution in [2.24, 2.45) is 7.05 Å². The number of carbonyl (C=O) groups excluding carboxylic acids is 1. The van der Waals surface area contributed by atoms with Crippen molar-refractivity contribution < 1.29 is 14.7 Å². The Hall–Kier alpha value is -2.54. The maximum atomic E-state index is 12.4. The zero-order valence-electron chi connectivity index (χ0n) is 13.1. The average Bonchev–Trinajstić information content (AvgIpc) is 2.89. The molecule has 2 amide bonds. The van der Waals surface area contributed by atoms with E-state index in [1.807, 2.05) is 12.1 Å². The molecule has 0 saturated carbocycles. The number of nitrogens with zero attached hydrogens (tertiary/aromatic N) is 3. The molecule has 1 aliphatic rings. The third-order valence-electron chi connectivity index (χ3n) is 4.04. The summed E-state index contributed by atoms with van der Waals surface area (Å²) < 4.78 is 1.36. The molecule has 0 atom stereocenters. The fraction of sp³-hybridized carbons (Fsp3) is 0.312. The van der Waals surface area contributed by atoms with Crippen LogP contribution in [0.2, 0.25) is 5.02 Å². The van der Waals surface area contributed by atoms with Gasteiger partial charge in [-0.3, -0.25) is 4.68 Å². The number of hydrogen-bond donors (Lipinski definition) is 2. The van der Waals surface area contributed by atoms with Crippen LogP contribution in [0.5, 0.6) is 0 Å². The van der Waals surface area contributed by atoms with Crippen LogP contribution in [0.4, 0.5) is 4.79 Å². The fourth-order valence-electron chi connectivity index (χ4n) is 2.83. The molecule has 24 heavy (non-hydrogen) atoms. The second kappa shape index (κ2) is 6.52. The van der Waals surface area contributed by atoms with Crippen molar-refractivity contribution in [3.05, 3.63) is 51.8 Å². The summed E-state index contributed by atoms with van der Waals surface area (Å²) in [7, 11) is 1.60. The number of aromatic nitrogens is 2. The molecule has 0 fully saturated rings. The average molecular weight is 349 g/mol. The molecule has 0 spiro atoms. The Morgan fingerprint density at radius 1 is 1.33 bits per heavy atom. The summed E-state index contributed by atoms with van der Waals surface area (Å²) in [6.45, 7) is 1.14. The minimum absolute atomic E-state index is 0.139. The van der Waals surface area contributed by atoms with Crippen molar-refractivity contribution in [1.29, 1.82) is 0 Å². The lowest BCUT2D eigenvalue weighted by Crippen LogP contribution is -2.42. The molecule has 0 bridgehead atoms. The van der Waals surface area contributed by atoms with Crippen molar-refractivity contribution in [3.63, 3.8) is 0 Å². The molecule has 126 valence electrons. The monoisotopic (exact) mass is 348 g/mol. The van der Waals surface area contributed by atoms with E-state index in [1.54, 1.807) is 24.1 Å². The van der Waals surface area contributed by atoms with Crippen LogP contribution in [0.15, 0.2) is 24.3 Å². The Morgan fingerprint density at radius 3 is 2.71 bits per heavy atom. The maximum absolute atomic E-state index is 12.4. The highest BCUT2D eigenvalue weighted by atomic mass is 35.5. The summed E-state index contributed by atoms with van der Waals surface area (Å²) in [5, 5.41) is 17.0. The lowest BCUT2D eigenvalue weighted by Gasteiger charge is -2.26. The zero-order chi connectivity index (χ0) is 17.3. The maximum Gasteiger partial charge on any atom is 0.354 e. The number of benzene rings is 1. The Labute approximate surface area is 143 Å². The highest BCUT2D eigenvalue weighted by molar-refractivity contribution is 6.30. The molecule has 0 unspecified atom stereocenters. The second-order valence-electron chi connectivity index (χ2n) is 5.66. The van der Waals surface area contributed by atoms with Gasteiger partial charge in [0.15, 0.2) is 5.69 Å². The zero-order valence-corrected chi connectivity index (χ0v) is 13.9. The Kier molecular flexibility index (Phi) is 4.44. The molecule has 2 aromatic rings. The smallest absolute Gasteiger partial charge is 0.354 e. The van der Waals surface area contributed by atoms with E-state index in [-0.39, 0.29) is 18.3 Å². The first-order valence-electron chi connectivity index (χ1n) is 7.51. The molecule has 2 heterocycles. The molecule has 0 radical (unpaired) electrons. The number of carbonyl (C=O) groups is 2. The lowest BCUT2D eigenvalue weighted by atomic mass is 10.1. The predicted octanol–water partition coefficient (Wildman–Crippen LogP) is 2.04. The quantitative estimate of drug-likeness (QED) is 0.888. The van der Waals surface area contributed by atoms with Crippen LogP contribution in [0, 0.1) is 0 Å². The molecule has 7 nitrogen and oxygen atoms in total. The van der Waals surface area contributed by atoms with Gasteiger partial charge in [0.05, 0.1) is 12.2 Å². The van der Waals surface area contributed by atoms with Crippen LogP contribution in [-0.2, 0) is 26.6 Å². The van der Waals surface area contributed by atoms with Crippen LogP contribution in [0.3, 0.4) is 0 Å². The van der Waals surface area contributed by atoms with Crippen LogP contribution < -0.4 is 5.32 Å². The van der Waals surface area contributed by atoms with Crippen LogP contribution in [0.1, 0.15) is 27.3 Å². The summed E-state index contributed by atoms with van der Waals surface area (Å²) in [5.41, 5.74) is 2.44. The van der Waals surface area contributed by atoms with Crippen LogP contribution in [0.25, 0.3) is 0 Å². The summed E-state index contributed by atoms with van der Waals surface area (Å²) in [6, 6.07) is 7.01. The van der Waals surface area contributed by atoms with Crippen molar-refractivity contribution in [2.45, 2.75) is 19.5 Å². The van der Waals surface area contributed by atoms with Crippen molar-refractivity contribution in [3.8, 4) is 0 Å². The van der Waals surface area contributed by atoms with Gasteiger partial charge in [-0.25, -0.2) is 9.59 Å². The van der Waals surface area contributed by atoms with Crippen LogP contribution >= 0.6 is 11.6 Å². The summed E-state index contributed by atoms with van der Waals surface area (Å²) in [4.78, 5) is 25.3. The summed E-state index contributed by atoms with van der Waals surface area (Å²) in [6.07, 6.45) is 0.546. The van der Waals surface area contributed by atoms with E-state index in [0.29, 0.717) is 30.1 Å². The van der Waals surface area contributed by atoms with E-state index in [9.17, 15) is 14.7 Å². The van der Waals surface area contributed by atoms with E-state index in [0.717, 1.165) is 11.3 Å². The van der Waals surface area contributed by atoms with Gasteiger partial charge >= 0.3 is 12.0 Å². The van der Waals surface area contributed by atoms with E-state index in [4.69, 9.17) is 11.6 Å². The normalized spacial score (nSPS) is 13.5. The first-order valence-corrected chi connectivity index (χ1v) is 7.88. The highest BCUT2D eigenvalue weighted by Gasteiger charge is 2.29. The van der Waals surface area contributed by atoms with Gasteiger partial charge in [-0.05, 0) is 17.7 Å².